The van der Waals surface area contributed by atoms with E-state index in [0.29, 0.717) is 0 Å². The number of rotatable bonds is 9. The van der Waals surface area contributed by atoms with Crippen LogP contribution in [0.25, 0.3) is 73.7 Å². The van der Waals surface area contributed by atoms with Crippen molar-refractivity contribution in [3.05, 3.63) is 243 Å². The van der Waals surface area contributed by atoms with Gasteiger partial charge in [-0.1, -0.05) is 158 Å². The van der Waals surface area contributed by atoms with E-state index >= 15 is 0 Å². The largest absolute Gasteiger partial charge is 0.310 e. The number of thiophene rings is 2. The molecule has 64 heavy (non-hydrogen) atoms. The fourth-order valence-corrected chi connectivity index (χ4v) is 11.7. The van der Waals surface area contributed by atoms with Crippen molar-refractivity contribution >= 4 is 97.1 Å². The molecule has 0 bridgehead atoms. The summed E-state index contributed by atoms with van der Waals surface area (Å²) in [5.74, 6) is 0. The molecular weight excluding hydrogens is 813 g/mol. The minimum absolute atomic E-state index is 1.12. The van der Waals surface area contributed by atoms with Crippen molar-refractivity contribution in [2.24, 2.45) is 0 Å². The lowest BCUT2D eigenvalue weighted by molar-refractivity contribution is 1.29. The Morgan fingerprint density at radius 3 is 1.03 bits per heavy atom. The van der Waals surface area contributed by atoms with Crippen molar-refractivity contribution in [1.82, 2.24) is 0 Å². The van der Waals surface area contributed by atoms with E-state index in [2.05, 4.69) is 252 Å². The van der Waals surface area contributed by atoms with Gasteiger partial charge in [0.15, 0.2) is 0 Å². The summed E-state index contributed by atoms with van der Waals surface area (Å²) in [6, 6.07) is 88.2. The molecule has 4 heteroatoms. The number of hydrogen-bond acceptors (Lipinski definition) is 4. The summed E-state index contributed by atoms with van der Waals surface area (Å²) in [5, 5.41) is 5.10. The molecule has 12 rings (SSSR count). The fraction of sp³-hybridized carbons (Fsp3) is 0. The molecule has 0 spiro atoms. The van der Waals surface area contributed by atoms with Gasteiger partial charge in [0.1, 0.15) is 0 Å². The number of nitrogens with zero attached hydrogens (tertiary/aromatic N) is 2. The Morgan fingerprint density at radius 2 is 0.578 bits per heavy atom. The molecule has 0 aliphatic carbocycles. The van der Waals surface area contributed by atoms with Gasteiger partial charge >= 0.3 is 0 Å². The van der Waals surface area contributed by atoms with E-state index in [9.17, 15) is 0 Å². The average Bonchev–Trinajstić information content (AvgIpc) is 3.94. The zero-order valence-electron chi connectivity index (χ0n) is 34.8. The molecule has 2 aromatic heterocycles. The minimum Gasteiger partial charge on any atom is -0.310 e. The summed E-state index contributed by atoms with van der Waals surface area (Å²) < 4.78 is 5.17. The highest BCUT2D eigenvalue weighted by molar-refractivity contribution is 7.26. The molecule has 0 radical (unpaired) electrons. The second-order valence-electron chi connectivity index (χ2n) is 16.1. The van der Waals surface area contributed by atoms with Crippen LogP contribution in [0.15, 0.2) is 243 Å². The van der Waals surface area contributed by atoms with Crippen molar-refractivity contribution < 1.29 is 0 Å². The molecule has 0 amide bonds. The van der Waals surface area contributed by atoms with Gasteiger partial charge in [0.25, 0.3) is 0 Å². The standard InChI is InChI=1S/C60H40N2S2/c1-5-19-43(20-6-1)61(44-21-7-2-8-22-44)47-37-53(59-55(39-47)51-29-15-17-31-57(51)63-59)42-35-33-41(34-36-42)49-27-13-14-28-50(49)54-38-48(40-56-52-30-16-18-32-58(52)64-60(54)56)62(45-23-9-3-10-24-45)46-25-11-4-12-26-46/h1-40H. The third kappa shape index (κ3) is 6.72. The van der Waals surface area contributed by atoms with Gasteiger partial charge in [-0.2, -0.15) is 0 Å². The van der Waals surface area contributed by atoms with Gasteiger partial charge in [-0.05, 0) is 107 Å². The van der Waals surface area contributed by atoms with Crippen LogP contribution in [-0.2, 0) is 0 Å². The van der Waals surface area contributed by atoms with Crippen molar-refractivity contribution in [1.29, 1.82) is 0 Å². The molecule has 302 valence electrons. The molecule has 10 aromatic carbocycles. The molecule has 12 aromatic rings. The predicted octanol–water partition coefficient (Wildman–Crippen LogP) is 18.4. The maximum atomic E-state index is 2.40. The van der Waals surface area contributed by atoms with Gasteiger partial charge < -0.3 is 9.80 Å². The van der Waals surface area contributed by atoms with Gasteiger partial charge in [-0.3, -0.25) is 0 Å². The topological polar surface area (TPSA) is 6.48 Å². The van der Waals surface area contributed by atoms with Crippen LogP contribution >= 0.6 is 22.7 Å². The number of benzene rings is 10. The summed E-state index contributed by atoms with van der Waals surface area (Å²) in [5.41, 5.74) is 14.0. The maximum absolute atomic E-state index is 2.40. The van der Waals surface area contributed by atoms with E-state index in [-0.39, 0.29) is 0 Å². The maximum Gasteiger partial charge on any atom is 0.0475 e. The fourth-order valence-electron chi connectivity index (χ4n) is 9.30. The number of fused-ring (bicyclic) bond motifs is 6. The Balaban J connectivity index is 1.02. The Labute approximate surface area is 380 Å². The first kappa shape index (κ1) is 38.0. The second-order valence-corrected chi connectivity index (χ2v) is 18.2. The molecule has 0 aliphatic heterocycles. The van der Waals surface area contributed by atoms with E-state index in [1.165, 1.54) is 73.7 Å². The van der Waals surface area contributed by atoms with Crippen LogP contribution in [0.3, 0.4) is 0 Å². The van der Waals surface area contributed by atoms with Crippen molar-refractivity contribution in [2.45, 2.75) is 0 Å². The molecule has 0 fully saturated rings. The van der Waals surface area contributed by atoms with Gasteiger partial charge in [-0.15, -0.1) is 22.7 Å². The Kier molecular flexibility index (Phi) is 9.59. The van der Waals surface area contributed by atoms with Gasteiger partial charge in [0, 0.05) is 85.6 Å². The molecule has 0 N–H and O–H groups in total. The minimum atomic E-state index is 1.12. The molecule has 0 atom stereocenters. The van der Waals surface area contributed by atoms with E-state index in [0.717, 1.165) is 34.1 Å². The van der Waals surface area contributed by atoms with Crippen LogP contribution in [0.2, 0.25) is 0 Å². The predicted molar refractivity (Wildman–Crippen MR) is 278 cm³/mol. The summed E-state index contributed by atoms with van der Waals surface area (Å²) in [6.07, 6.45) is 0. The Bertz CT molecular complexity index is 3520. The van der Waals surface area contributed by atoms with E-state index < -0.39 is 0 Å². The van der Waals surface area contributed by atoms with Crippen LogP contribution in [0.1, 0.15) is 0 Å². The highest BCUT2D eigenvalue weighted by atomic mass is 32.1. The van der Waals surface area contributed by atoms with E-state index in [1.54, 1.807) is 0 Å². The second kappa shape index (κ2) is 16.2. The summed E-state index contributed by atoms with van der Waals surface area (Å²) in [6.45, 7) is 0. The summed E-state index contributed by atoms with van der Waals surface area (Å²) in [4.78, 5) is 4.76. The third-order valence-corrected chi connectivity index (χ3v) is 14.7. The number of hydrogen-bond donors (Lipinski definition) is 0. The number of para-hydroxylation sites is 4. The van der Waals surface area contributed by atoms with Gasteiger partial charge in [0.05, 0.1) is 0 Å². The lowest BCUT2D eigenvalue weighted by atomic mass is 9.92. The van der Waals surface area contributed by atoms with E-state index in [4.69, 9.17) is 0 Å². The van der Waals surface area contributed by atoms with E-state index in [1.807, 2.05) is 22.7 Å². The first-order valence-electron chi connectivity index (χ1n) is 21.7. The van der Waals surface area contributed by atoms with Gasteiger partial charge in [-0.25, -0.2) is 0 Å². The summed E-state index contributed by atoms with van der Waals surface area (Å²) >= 11 is 3.76. The smallest absolute Gasteiger partial charge is 0.0475 e. The average molecular weight is 853 g/mol. The highest BCUT2D eigenvalue weighted by Crippen LogP contribution is 2.49. The quantitative estimate of drug-likeness (QED) is 0.143. The van der Waals surface area contributed by atoms with Crippen LogP contribution in [0, 0.1) is 0 Å². The Hall–Kier alpha value is -7.76. The first-order valence-corrected chi connectivity index (χ1v) is 23.3. The normalized spacial score (nSPS) is 11.4. The van der Waals surface area contributed by atoms with Crippen molar-refractivity contribution in [2.75, 3.05) is 9.80 Å². The number of anilines is 6. The SMILES string of the molecule is c1ccc(N(c2ccccc2)c2cc(-c3ccc(-c4ccccc4-c4cc(N(c5ccccc5)c5ccccc5)cc5c4sc4ccccc45)cc3)c3sc4ccccc4c3c2)cc1. The van der Waals surface area contributed by atoms with Crippen LogP contribution in [-0.4, -0.2) is 0 Å². The lowest BCUT2D eigenvalue weighted by Crippen LogP contribution is -2.09. The lowest BCUT2D eigenvalue weighted by Gasteiger charge is -2.26. The zero-order chi connectivity index (χ0) is 42.4. The highest BCUT2D eigenvalue weighted by Gasteiger charge is 2.22. The molecular formula is C60H40N2S2. The molecule has 2 nitrogen and oxygen atoms in total. The summed E-state index contributed by atoms with van der Waals surface area (Å²) in [7, 11) is 0. The first-order chi connectivity index (χ1) is 31.7. The molecule has 0 saturated heterocycles. The molecule has 0 aliphatic rings. The molecule has 0 unspecified atom stereocenters. The van der Waals surface area contributed by atoms with Crippen LogP contribution in [0.4, 0.5) is 34.1 Å². The monoisotopic (exact) mass is 852 g/mol. The van der Waals surface area contributed by atoms with Crippen LogP contribution in [0.5, 0.6) is 0 Å². The molecule has 0 saturated carbocycles. The van der Waals surface area contributed by atoms with Gasteiger partial charge in [0.2, 0.25) is 0 Å². The van der Waals surface area contributed by atoms with Crippen LogP contribution < -0.4 is 9.80 Å². The van der Waals surface area contributed by atoms with Crippen molar-refractivity contribution in [3.63, 3.8) is 0 Å². The van der Waals surface area contributed by atoms with Crippen molar-refractivity contribution in [3.8, 4) is 33.4 Å². The zero-order valence-corrected chi connectivity index (χ0v) is 36.4. The molecule has 2 heterocycles. The Morgan fingerprint density at radius 1 is 0.234 bits per heavy atom. The third-order valence-electron chi connectivity index (χ3n) is 12.2.